The minimum atomic E-state index is -3.75. The highest BCUT2D eigenvalue weighted by Crippen LogP contribution is 2.27. The SMILES string of the molecule is O=C(COC(=O)c1cccc(S(=O)(=O)NC2CC2)c1)Nc1ccc(Cl)cc1[N+](=O)[O-]. The first-order valence-corrected chi connectivity index (χ1v) is 10.5. The first-order chi connectivity index (χ1) is 14.2. The summed E-state index contributed by atoms with van der Waals surface area (Å²) in [6, 6.07) is 8.81. The van der Waals surface area contributed by atoms with E-state index in [4.69, 9.17) is 16.3 Å². The third-order valence-corrected chi connectivity index (χ3v) is 5.80. The maximum absolute atomic E-state index is 12.2. The van der Waals surface area contributed by atoms with E-state index in [1.165, 1.54) is 30.3 Å². The number of ether oxygens (including phenoxy) is 1. The van der Waals surface area contributed by atoms with Crippen molar-refractivity contribution in [3.8, 4) is 0 Å². The highest BCUT2D eigenvalue weighted by Gasteiger charge is 2.28. The molecule has 158 valence electrons. The molecule has 0 atom stereocenters. The summed E-state index contributed by atoms with van der Waals surface area (Å²) in [5.41, 5.74) is -0.577. The molecule has 12 heteroatoms. The van der Waals surface area contributed by atoms with Gasteiger partial charge in [-0.1, -0.05) is 17.7 Å². The third kappa shape index (κ3) is 5.53. The van der Waals surface area contributed by atoms with Gasteiger partial charge in [0.05, 0.1) is 15.4 Å². The van der Waals surface area contributed by atoms with Crippen molar-refractivity contribution < 1.29 is 27.7 Å². The van der Waals surface area contributed by atoms with E-state index in [-0.39, 0.29) is 27.2 Å². The summed E-state index contributed by atoms with van der Waals surface area (Å²) in [6.07, 6.45) is 1.53. The zero-order valence-electron chi connectivity index (χ0n) is 15.3. The molecule has 0 heterocycles. The number of benzene rings is 2. The van der Waals surface area contributed by atoms with Crippen LogP contribution in [0.25, 0.3) is 0 Å². The maximum atomic E-state index is 12.2. The molecular weight excluding hydrogens is 438 g/mol. The van der Waals surface area contributed by atoms with Gasteiger partial charge in [-0.15, -0.1) is 0 Å². The Labute approximate surface area is 176 Å². The summed E-state index contributed by atoms with van der Waals surface area (Å²) in [5, 5.41) is 13.4. The molecule has 2 N–H and O–H groups in total. The minimum Gasteiger partial charge on any atom is -0.452 e. The molecule has 0 aromatic heterocycles. The van der Waals surface area contributed by atoms with Crippen molar-refractivity contribution >= 4 is 44.9 Å². The van der Waals surface area contributed by atoms with Gasteiger partial charge in [-0.05, 0) is 43.2 Å². The number of hydrogen-bond donors (Lipinski definition) is 2. The molecule has 10 nitrogen and oxygen atoms in total. The highest BCUT2D eigenvalue weighted by atomic mass is 35.5. The number of hydrogen-bond acceptors (Lipinski definition) is 7. The van der Waals surface area contributed by atoms with Crippen molar-refractivity contribution in [3.63, 3.8) is 0 Å². The number of nitro benzene ring substituents is 1. The smallest absolute Gasteiger partial charge is 0.338 e. The number of anilines is 1. The van der Waals surface area contributed by atoms with Crippen LogP contribution in [0, 0.1) is 10.1 Å². The molecule has 0 spiro atoms. The predicted octanol–water partition coefficient (Wildman–Crippen LogP) is 2.48. The van der Waals surface area contributed by atoms with Crippen LogP contribution in [0.3, 0.4) is 0 Å². The first kappa shape index (κ1) is 21.7. The van der Waals surface area contributed by atoms with Crippen molar-refractivity contribution in [2.45, 2.75) is 23.8 Å². The molecule has 1 amide bonds. The van der Waals surface area contributed by atoms with Crippen molar-refractivity contribution in [3.05, 3.63) is 63.2 Å². The largest absolute Gasteiger partial charge is 0.452 e. The van der Waals surface area contributed by atoms with Crippen LogP contribution in [0.4, 0.5) is 11.4 Å². The molecule has 0 aliphatic heterocycles. The Balaban J connectivity index is 1.62. The van der Waals surface area contributed by atoms with E-state index in [9.17, 15) is 28.1 Å². The minimum absolute atomic E-state index is 0.0565. The van der Waals surface area contributed by atoms with Gasteiger partial charge in [0.1, 0.15) is 5.69 Å². The fourth-order valence-electron chi connectivity index (χ4n) is 2.44. The standard InChI is InChI=1S/C18H16ClN3O7S/c19-12-4-7-15(16(9-12)22(25)26)20-17(23)10-29-18(24)11-2-1-3-14(8-11)30(27,28)21-13-5-6-13/h1-4,7-9,13,21H,5-6,10H2,(H,20,23). The van der Waals surface area contributed by atoms with Gasteiger partial charge in [-0.2, -0.15) is 0 Å². The van der Waals surface area contributed by atoms with Crippen LogP contribution in [0.5, 0.6) is 0 Å². The summed E-state index contributed by atoms with van der Waals surface area (Å²) in [4.78, 5) is 34.4. The van der Waals surface area contributed by atoms with E-state index in [0.29, 0.717) is 0 Å². The summed E-state index contributed by atoms with van der Waals surface area (Å²) in [6.45, 7) is -0.726. The number of nitrogens with zero attached hydrogens (tertiary/aromatic N) is 1. The van der Waals surface area contributed by atoms with E-state index in [1.807, 2.05) is 0 Å². The zero-order valence-corrected chi connectivity index (χ0v) is 16.9. The van der Waals surface area contributed by atoms with E-state index < -0.39 is 39.1 Å². The molecular formula is C18H16ClN3O7S. The van der Waals surface area contributed by atoms with Crippen molar-refractivity contribution in [2.24, 2.45) is 0 Å². The molecule has 3 rings (SSSR count). The van der Waals surface area contributed by atoms with Gasteiger partial charge >= 0.3 is 5.97 Å². The van der Waals surface area contributed by atoms with Gasteiger partial charge in [0.15, 0.2) is 6.61 Å². The number of sulfonamides is 1. The summed E-state index contributed by atoms with van der Waals surface area (Å²) in [7, 11) is -3.75. The molecule has 0 bridgehead atoms. The van der Waals surface area contributed by atoms with Crippen molar-refractivity contribution in [1.29, 1.82) is 0 Å². The Bertz CT molecular complexity index is 1120. The summed E-state index contributed by atoms with van der Waals surface area (Å²) in [5.74, 6) is -1.73. The fraction of sp³-hybridized carbons (Fsp3) is 0.222. The van der Waals surface area contributed by atoms with Crippen LogP contribution in [0.2, 0.25) is 5.02 Å². The first-order valence-electron chi connectivity index (χ1n) is 8.69. The van der Waals surface area contributed by atoms with Crippen LogP contribution >= 0.6 is 11.6 Å². The number of halogens is 1. The van der Waals surface area contributed by atoms with Gasteiger partial charge < -0.3 is 10.1 Å². The number of nitrogens with one attached hydrogen (secondary N) is 2. The average molecular weight is 454 g/mol. The number of carbonyl (C=O) groups is 2. The van der Waals surface area contributed by atoms with Crippen molar-refractivity contribution in [2.75, 3.05) is 11.9 Å². The van der Waals surface area contributed by atoms with Gasteiger partial charge in [-0.25, -0.2) is 17.9 Å². The average Bonchev–Trinajstić information content (AvgIpc) is 3.50. The Morgan fingerprint density at radius 3 is 2.60 bits per heavy atom. The molecule has 30 heavy (non-hydrogen) atoms. The zero-order chi connectivity index (χ0) is 21.9. The van der Waals surface area contributed by atoms with Crippen LogP contribution in [-0.2, 0) is 19.6 Å². The molecule has 1 fully saturated rings. The number of esters is 1. The molecule has 0 saturated heterocycles. The second-order valence-electron chi connectivity index (χ2n) is 6.47. The monoisotopic (exact) mass is 453 g/mol. The number of nitro groups is 1. The van der Waals surface area contributed by atoms with Gasteiger partial charge in [0.25, 0.3) is 11.6 Å². The second-order valence-corrected chi connectivity index (χ2v) is 8.62. The third-order valence-electron chi connectivity index (χ3n) is 4.04. The van der Waals surface area contributed by atoms with E-state index in [0.717, 1.165) is 25.0 Å². The van der Waals surface area contributed by atoms with Crippen LogP contribution in [0.15, 0.2) is 47.4 Å². The lowest BCUT2D eigenvalue weighted by atomic mass is 10.2. The van der Waals surface area contributed by atoms with E-state index >= 15 is 0 Å². The number of carbonyl (C=O) groups excluding carboxylic acids is 2. The highest BCUT2D eigenvalue weighted by molar-refractivity contribution is 7.89. The predicted molar refractivity (Wildman–Crippen MR) is 107 cm³/mol. The lowest BCUT2D eigenvalue weighted by Crippen LogP contribution is -2.26. The molecule has 0 radical (unpaired) electrons. The Kier molecular flexibility index (Phi) is 6.34. The molecule has 1 saturated carbocycles. The molecule has 0 unspecified atom stereocenters. The summed E-state index contributed by atoms with van der Waals surface area (Å²) < 4.78 is 31.9. The molecule has 1 aliphatic carbocycles. The van der Waals surface area contributed by atoms with Crippen molar-refractivity contribution in [1.82, 2.24) is 4.72 Å². The second kappa shape index (κ2) is 8.78. The quantitative estimate of drug-likeness (QED) is 0.354. The van der Waals surface area contributed by atoms with E-state index in [2.05, 4.69) is 10.0 Å². The number of rotatable bonds is 8. The Hall–Kier alpha value is -3.02. The maximum Gasteiger partial charge on any atom is 0.338 e. The normalized spacial score (nSPS) is 13.5. The van der Waals surface area contributed by atoms with Crippen LogP contribution < -0.4 is 10.0 Å². The molecule has 2 aromatic carbocycles. The van der Waals surface area contributed by atoms with Gasteiger partial charge in [-0.3, -0.25) is 14.9 Å². The van der Waals surface area contributed by atoms with E-state index in [1.54, 1.807) is 0 Å². The van der Waals surface area contributed by atoms with Gasteiger partial charge in [0, 0.05) is 17.1 Å². The Morgan fingerprint density at radius 2 is 1.93 bits per heavy atom. The molecule has 1 aliphatic rings. The molecule has 2 aromatic rings. The lowest BCUT2D eigenvalue weighted by molar-refractivity contribution is -0.383. The summed E-state index contributed by atoms with van der Waals surface area (Å²) >= 11 is 5.71. The van der Waals surface area contributed by atoms with Crippen LogP contribution in [-0.4, -0.2) is 37.9 Å². The lowest BCUT2D eigenvalue weighted by Gasteiger charge is -2.09. The topological polar surface area (TPSA) is 145 Å². The van der Waals surface area contributed by atoms with Gasteiger partial charge in [0.2, 0.25) is 10.0 Å². The fourth-order valence-corrected chi connectivity index (χ4v) is 3.96. The Morgan fingerprint density at radius 1 is 1.20 bits per heavy atom. The van der Waals surface area contributed by atoms with Crippen LogP contribution in [0.1, 0.15) is 23.2 Å². The number of amides is 1.